The van der Waals surface area contributed by atoms with Crippen molar-refractivity contribution in [1.82, 2.24) is 10.2 Å². The molecule has 94 valence electrons. The molecule has 0 amide bonds. The molecule has 0 saturated carbocycles. The molecule has 2 aromatic rings. The van der Waals surface area contributed by atoms with Crippen LogP contribution in [0.25, 0.3) is 11.3 Å². The number of para-hydroxylation sites is 1. The zero-order chi connectivity index (χ0) is 13.2. The van der Waals surface area contributed by atoms with E-state index in [0.29, 0.717) is 10.3 Å². The van der Waals surface area contributed by atoms with E-state index in [9.17, 15) is 13.2 Å². The standard InChI is InChI=1S/C11H7F3N2OS/c12-11(13,14)17-9-4-2-1-3-7(9)8-5-6-10(18)16-15-8/h1-6H,(H,16,18). The zero-order valence-electron chi connectivity index (χ0n) is 8.86. The molecule has 1 N–H and O–H groups in total. The molecular formula is C11H7F3N2OS. The first kappa shape index (κ1) is 12.6. The number of benzene rings is 1. The normalized spacial score (nSPS) is 11.3. The van der Waals surface area contributed by atoms with Crippen LogP contribution in [0.3, 0.4) is 0 Å². The van der Waals surface area contributed by atoms with Crippen LogP contribution in [-0.2, 0) is 0 Å². The number of hydrogen-bond acceptors (Lipinski definition) is 3. The van der Waals surface area contributed by atoms with Gasteiger partial charge in [-0.2, -0.15) is 5.10 Å². The minimum absolute atomic E-state index is 0.237. The highest BCUT2D eigenvalue weighted by atomic mass is 32.1. The highest BCUT2D eigenvalue weighted by Gasteiger charge is 2.32. The van der Waals surface area contributed by atoms with Crippen molar-refractivity contribution < 1.29 is 17.9 Å². The van der Waals surface area contributed by atoms with Crippen molar-refractivity contribution in [1.29, 1.82) is 0 Å². The summed E-state index contributed by atoms with van der Waals surface area (Å²) >= 11 is 4.81. The molecule has 0 aliphatic rings. The van der Waals surface area contributed by atoms with Crippen molar-refractivity contribution in [2.75, 3.05) is 0 Å². The fourth-order valence-electron chi connectivity index (χ4n) is 1.39. The molecule has 0 spiro atoms. The molecule has 1 heterocycles. The number of ether oxygens (including phenoxy) is 1. The Hall–Kier alpha value is -1.89. The number of aromatic nitrogens is 2. The Bertz CT molecular complexity index is 589. The topological polar surface area (TPSA) is 37.9 Å². The molecule has 18 heavy (non-hydrogen) atoms. The lowest BCUT2D eigenvalue weighted by molar-refractivity contribution is -0.274. The lowest BCUT2D eigenvalue weighted by atomic mass is 10.1. The van der Waals surface area contributed by atoms with Crippen LogP contribution in [0.1, 0.15) is 0 Å². The second kappa shape index (κ2) is 4.77. The number of hydrogen-bond donors (Lipinski definition) is 1. The Kier molecular flexibility index (Phi) is 3.33. The van der Waals surface area contributed by atoms with Gasteiger partial charge in [-0.15, -0.1) is 13.2 Å². The number of alkyl halides is 3. The second-order valence-corrected chi connectivity index (χ2v) is 3.79. The van der Waals surface area contributed by atoms with Crippen molar-refractivity contribution in [3.63, 3.8) is 0 Å². The third kappa shape index (κ3) is 3.07. The van der Waals surface area contributed by atoms with Gasteiger partial charge in [-0.25, -0.2) is 0 Å². The monoisotopic (exact) mass is 272 g/mol. The third-order valence-electron chi connectivity index (χ3n) is 2.07. The Morgan fingerprint density at radius 2 is 1.83 bits per heavy atom. The molecule has 0 fully saturated rings. The summed E-state index contributed by atoms with van der Waals surface area (Å²) in [5.41, 5.74) is 0.560. The van der Waals surface area contributed by atoms with Gasteiger partial charge in [-0.1, -0.05) is 24.4 Å². The Morgan fingerprint density at radius 3 is 2.44 bits per heavy atom. The molecule has 0 saturated heterocycles. The summed E-state index contributed by atoms with van der Waals surface area (Å²) in [4.78, 5) is 0. The van der Waals surface area contributed by atoms with Gasteiger partial charge in [0.1, 0.15) is 10.4 Å². The largest absolute Gasteiger partial charge is 0.573 e. The van der Waals surface area contributed by atoms with Crippen LogP contribution in [0.15, 0.2) is 36.4 Å². The van der Waals surface area contributed by atoms with Crippen molar-refractivity contribution in [3.05, 3.63) is 41.0 Å². The summed E-state index contributed by atoms with van der Waals surface area (Å²) in [6, 6.07) is 8.84. The molecule has 2 rings (SSSR count). The van der Waals surface area contributed by atoms with Gasteiger partial charge in [-0.05, 0) is 24.3 Å². The van der Waals surface area contributed by atoms with Gasteiger partial charge in [0, 0.05) is 5.56 Å². The lowest BCUT2D eigenvalue weighted by Crippen LogP contribution is -2.17. The number of nitrogens with one attached hydrogen (secondary N) is 1. The zero-order valence-corrected chi connectivity index (χ0v) is 9.68. The summed E-state index contributed by atoms with van der Waals surface area (Å²) in [7, 11) is 0. The van der Waals surface area contributed by atoms with E-state index in [1.54, 1.807) is 12.1 Å². The molecule has 0 aliphatic carbocycles. The minimum Gasteiger partial charge on any atom is -0.405 e. The number of nitrogens with zero attached hydrogens (tertiary/aromatic N) is 1. The Balaban J connectivity index is 2.44. The average Bonchev–Trinajstić information content (AvgIpc) is 2.29. The molecule has 1 aromatic carbocycles. The summed E-state index contributed by atoms with van der Waals surface area (Å²) < 4.78 is 41.0. The van der Waals surface area contributed by atoms with Crippen LogP contribution >= 0.6 is 12.2 Å². The molecule has 0 unspecified atom stereocenters. The first-order chi connectivity index (χ1) is 8.46. The van der Waals surface area contributed by atoms with E-state index in [4.69, 9.17) is 12.2 Å². The predicted molar refractivity (Wildman–Crippen MR) is 61.5 cm³/mol. The molecule has 0 radical (unpaired) electrons. The fraction of sp³-hybridized carbons (Fsp3) is 0.0909. The van der Waals surface area contributed by atoms with Gasteiger partial charge >= 0.3 is 6.36 Å². The van der Waals surface area contributed by atoms with Gasteiger partial charge in [0.05, 0.1) is 5.69 Å². The van der Waals surface area contributed by atoms with E-state index in [2.05, 4.69) is 14.9 Å². The highest BCUT2D eigenvalue weighted by molar-refractivity contribution is 7.71. The lowest BCUT2D eigenvalue weighted by Gasteiger charge is -2.12. The quantitative estimate of drug-likeness (QED) is 0.847. The van der Waals surface area contributed by atoms with Gasteiger partial charge in [0.25, 0.3) is 0 Å². The molecular weight excluding hydrogens is 265 g/mol. The van der Waals surface area contributed by atoms with Gasteiger partial charge in [0.2, 0.25) is 0 Å². The number of H-pyrrole nitrogens is 1. The van der Waals surface area contributed by atoms with E-state index < -0.39 is 6.36 Å². The Morgan fingerprint density at radius 1 is 1.11 bits per heavy atom. The SMILES string of the molecule is FC(F)(F)Oc1ccccc1-c1ccc(=S)[nH]n1. The van der Waals surface area contributed by atoms with E-state index in [-0.39, 0.29) is 11.3 Å². The van der Waals surface area contributed by atoms with Gasteiger partial charge < -0.3 is 4.74 Å². The van der Waals surface area contributed by atoms with Crippen molar-refractivity contribution >= 4 is 12.2 Å². The fourth-order valence-corrected chi connectivity index (χ4v) is 1.50. The molecule has 1 aromatic heterocycles. The molecule has 0 atom stereocenters. The smallest absolute Gasteiger partial charge is 0.405 e. The van der Waals surface area contributed by atoms with E-state index in [1.165, 1.54) is 24.3 Å². The molecule has 7 heteroatoms. The molecule has 0 bridgehead atoms. The maximum atomic E-state index is 12.2. The van der Waals surface area contributed by atoms with Crippen molar-refractivity contribution in [2.45, 2.75) is 6.36 Å². The van der Waals surface area contributed by atoms with E-state index in [0.717, 1.165) is 0 Å². The maximum Gasteiger partial charge on any atom is 0.573 e. The van der Waals surface area contributed by atoms with Crippen LogP contribution in [0.4, 0.5) is 13.2 Å². The third-order valence-corrected chi connectivity index (χ3v) is 2.30. The van der Waals surface area contributed by atoms with E-state index >= 15 is 0 Å². The predicted octanol–water partition coefficient (Wildman–Crippen LogP) is 3.70. The number of aromatic amines is 1. The first-order valence-corrected chi connectivity index (χ1v) is 5.27. The second-order valence-electron chi connectivity index (χ2n) is 3.35. The summed E-state index contributed by atoms with van der Waals surface area (Å²) in [5.74, 6) is -0.303. The van der Waals surface area contributed by atoms with Crippen LogP contribution in [-0.4, -0.2) is 16.6 Å². The Labute approximate surface area is 105 Å². The van der Waals surface area contributed by atoms with Crippen molar-refractivity contribution in [2.24, 2.45) is 0 Å². The number of rotatable bonds is 2. The van der Waals surface area contributed by atoms with Crippen LogP contribution in [0.2, 0.25) is 0 Å². The van der Waals surface area contributed by atoms with Crippen LogP contribution in [0, 0.1) is 4.64 Å². The molecule has 0 aliphatic heterocycles. The van der Waals surface area contributed by atoms with Gasteiger partial charge in [-0.3, -0.25) is 5.10 Å². The highest BCUT2D eigenvalue weighted by Crippen LogP contribution is 2.32. The first-order valence-electron chi connectivity index (χ1n) is 4.86. The summed E-state index contributed by atoms with van der Waals surface area (Å²) in [6.07, 6.45) is -4.74. The van der Waals surface area contributed by atoms with Crippen LogP contribution in [0.5, 0.6) is 5.75 Å². The minimum atomic E-state index is -4.74. The van der Waals surface area contributed by atoms with Crippen molar-refractivity contribution in [3.8, 4) is 17.0 Å². The van der Waals surface area contributed by atoms with Gasteiger partial charge in [0.15, 0.2) is 0 Å². The average molecular weight is 272 g/mol. The molecule has 3 nitrogen and oxygen atoms in total. The van der Waals surface area contributed by atoms with Crippen LogP contribution < -0.4 is 4.74 Å². The van der Waals surface area contributed by atoms with E-state index in [1.807, 2.05) is 0 Å². The maximum absolute atomic E-state index is 12.2. The summed E-state index contributed by atoms with van der Waals surface area (Å²) in [5, 5.41) is 6.38. The number of halogens is 3. The summed E-state index contributed by atoms with van der Waals surface area (Å²) in [6.45, 7) is 0.